The largest absolute Gasteiger partial charge is 0.466 e. The number of nitrogens with zero attached hydrogens (tertiary/aromatic N) is 2. The van der Waals surface area contributed by atoms with E-state index in [-0.39, 0.29) is 81.3 Å². The number of esters is 1. The van der Waals surface area contributed by atoms with Crippen molar-refractivity contribution in [3.63, 3.8) is 0 Å². The van der Waals surface area contributed by atoms with Gasteiger partial charge in [-0.1, -0.05) is 58.9 Å². The van der Waals surface area contributed by atoms with Crippen LogP contribution in [0.2, 0.25) is 0 Å². The summed E-state index contributed by atoms with van der Waals surface area (Å²) in [6, 6.07) is 6.06. The zero-order chi connectivity index (χ0) is 44.2. The van der Waals surface area contributed by atoms with Gasteiger partial charge in [0.15, 0.2) is 18.2 Å². The number of aliphatic hydroxyl groups is 1. The van der Waals surface area contributed by atoms with E-state index in [2.05, 4.69) is 29.5 Å². The summed E-state index contributed by atoms with van der Waals surface area (Å²) in [5.74, 6) is -0.0771. The van der Waals surface area contributed by atoms with Gasteiger partial charge in [-0.25, -0.2) is 14.8 Å². The van der Waals surface area contributed by atoms with Gasteiger partial charge in [0.25, 0.3) is 0 Å². The summed E-state index contributed by atoms with van der Waals surface area (Å²) in [4.78, 5) is 71.6. The number of nitrogens with one attached hydrogen (secondary N) is 2. The van der Waals surface area contributed by atoms with Crippen molar-refractivity contribution in [1.29, 1.82) is 0 Å². The Morgan fingerprint density at radius 2 is 1.77 bits per heavy atom. The first-order valence-electron chi connectivity index (χ1n) is 22.6. The van der Waals surface area contributed by atoms with Gasteiger partial charge in [-0.3, -0.25) is 19.2 Å². The third kappa shape index (κ3) is 10.4. The van der Waals surface area contributed by atoms with Gasteiger partial charge in [0, 0.05) is 51.3 Å². The number of likely N-dealkylation sites (tertiary alicyclic amines) is 1. The molecule has 8 rings (SSSR count). The predicted octanol–water partition coefficient (Wildman–Crippen LogP) is 5.60. The van der Waals surface area contributed by atoms with Crippen LogP contribution < -0.4 is 10.6 Å². The topological polar surface area (TPSA) is 184 Å². The van der Waals surface area contributed by atoms with Gasteiger partial charge >= 0.3 is 5.97 Å². The minimum absolute atomic E-state index is 0.00717. The normalized spacial score (nSPS) is 30.9. The van der Waals surface area contributed by atoms with Crippen LogP contribution in [0, 0.1) is 36.0 Å². The average molecular weight is 883 g/mol. The van der Waals surface area contributed by atoms with E-state index in [1.54, 1.807) is 11.3 Å². The zero-order valence-corrected chi connectivity index (χ0v) is 37.9. The Balaban J connectivity index is 0.786. The summed E-state index contributed by atoms with van der Waals surface area (Å²) in [6.45, 7) is 13.0. The van der Waals surface area contributed by atoms with E-state index in [1.165, 1.54) is 4.90 Å². The number of amides is 3. The number of rotatable bonds is 17. The maximum atomic E-state index is 14.0. The number of thiazole rings is 1. The molecule has 5 aliphatic heterocycles. The van der Waals surface area contributed by atoms with Crippen molar-refractivity contribution < 1.29 is 53.0 Å². The van der Waals surface area contributed by atoms with Gasteiger partial charge in [0.1, 0.15) is 12.1 Å². The van der Waals surface area contributed by atoms with Crippen molar-refractivity contribution in [1.82, 2.24) is 20.5 Å². The summed E-state index contributed by atoms with van der Waals surface area (Å²) >= 11 is 1.57. The SMILES string of the molecule is Cc1ncsc1-c1ccc(CNC(=O)C2CC(O)CN2C(=O)C(NC(=O)CCOCCCC(=O)OCCCC2OC3OC4CCC5C(C)CCC(C2C)C35OO4)C(C)(C)C)cc1. The number of benzene rings is 1. The maximum absolute atomic E-state index is 14.0. The number of aromatic nitrogens is 1. The Hall–Kier alpha value is -3.51. The molecule has 0 radical (unpaired) electrons. The number of fused-ring (bicyclic) bond motifs is 2. The highest BCUT2D eigenvalue weighted by atomic mass is 32.1. The Bertz CT molecular complexity index is 1870. The molecule has 6 aliphatic rings. The first-order valence-corrected chi connectivity index (χ1v) is 23.5. The van der Waals surface area contributed by atoms with Gasteiger partial charge in [-0.05, 0) is 79.7 Å². The van der Waals surface area contributed by atoms with E-state index < -0.39 is 47.7 Å². The number of aliphatic hydroxyl groups excluding tert-OH is 1. The molecule has 2 bridgehead atoms. The fraction of sp³-hybridized carbons (Fsp3) is 0.717. The van der Waals surface area contributed by atoms with Crippen LogP contribution in [0.25, 0.3) is 10.4 Å². The van der Waals surface area contributed by atoms with E-state index >= 15 is 0 Å². The van der Waals surface area contributed by atoms with Gasteiger partial charge in [-0.2, -0.15) is 0 Å². The molecule has 1 aliphatic carbocycles. The van der Waals surface area contributed by atoms with Crippen molar-refractivity contribution in [2.75, 3.05) is 26.4 Å². The smallest absolute Gasteiger partial charge is 0.305 e. The minimum Gasteiger partial charge on any atom is -0.466 e. The van der Waals surface area contributed by atoms with Crippen LogP contribution in [0.4, 0.5) is 0 Å². The van der Waals surface area contributed by atoms with Crippen LogP contribution in [0.15, 0.2) is 29.8 Å². The summed E-state index contributed by atoms with van der Waals surface area (Å²) in [7, 11) is 0. The standard InChI is InChI=1S/C46H66N4O11S/c1-27-11-16-34-28(2)36(58-44-46(34)33(27)17-18-39(59-44)60-61-46)9-7-21-57-38(53)10-8-20-56-22-19-37(52)49-41(45(4,5)6)43(55)50-25-32(51)23-35(50)42(54)47-24-30-12-14-31(15-13-30)40-29(3)48-26-62-40/h12-15,26-28,32-36,39,41,44,51H,7-11,16-25H2,1-6H3,(H,47,54)(H,49,52). The maximum Gasteiger partial charge on any atom is 0.305 e. The zero-order valence-electron chi connectivity index (χ0n) is 37.1. The van der Waals surface area contributed by atoms with Gasteiger partial charge < -0.3 is 39.6 Å². The van der Waals surface area contributed by atoms with Gasteiger partial charge in [-0.15, -0.1) is 11.3 Å². The highest BCUT2D eigenvalue weighted by Crippen LogP contribution is 2.59. The molecule has 1 saturated carbocycles. The lowest BCUT2D eigenvalue weighted by Crippen LogP contribution is -2.69. The molecule has 3 N–H and O–H groups in total. The van der Waals surface area contributed by atoms with Crippen LogP contribution >= 0.6 is 11.3 Å². The summed E-state index contributed by atoms with van der Waals surface area (Å²) < 4.78 is 24.1. The second-order valence-electron chi connectivity index (χ2n) is 19.1. The van der Waals surface area contributed by atoms with Crippen molar-refractivity contribution >= 4 is 35.0 Å². The fourth-order valence-corrected chi connectivity index (χ4v) is 11.1. The Labute approximate surface area is 369 Å². The molecule has 1 spiro atoms. The van der Waals surface area contributed by atoms with E-state index in [1.807, 2.05) is 57.5 Å². The number of ether oxygens (including phenoxy) is 4. The molecule has 1 aromatic heterocycles. The molecule has 16 heteroatoms. The molecule has 6 heterocycles. The third-order valence-electron chi connectivity index (χ3n) is 13.7. The molecule has 342 valence electrons. The molecule has 11 atom stereocenters. The van der Waals surface area contributed by atoms with Crippen LogP contribution in [0.1, 0.15) is 110 Å². The molecule has 1 aromatic carbocycles. The third-order valence-corrected chi connectivity index (χ3v) is 14.7. The number of hydrogen-bond acceptors (Lipinski definition) is 13. The summed E-state index contributed by atoms with van der Waals surface area (Å²) in [5, 5.41) is 16.3. The van der Waals surface area contributed by atoms with Crippen molar-refractivity contribution in [2.45, 2.75) is 155 Å². The van der Waals surface area contributed by atoms with E-state index in [0.29, 0.717) is 31.3 Å². The van der Waals surface area contributed by atoms with Gasteiger partial charge in [0.2, 0.25) is 17.7 Å². The molecule has 2 aromatic rings. The summed E-state index contributed by atoms with van der Waals surface area (Å²) in [5.41, 5.74) is 3.48. The number of carbonyl (C=O) groups is 4. The lowest BCUT2D eigenvalue weighted by molar-refractivity contribution is -0.543. The number of carbonyl (C=O) groups excluding carboxylic acids is 4. The Morgan fingerprint density at radius 3 is 2.52 bits per heavy atom. The van der Waals surface area contributed by atoms with Crippen LogP contribution in [-0.2, 0) is 54.4 Å². The molecular formula is C46H66N4O11S. The second kappa shape index (κ2) is 20.1. The minimum atomic E-state index is -0.940. The molecule has 15 nitrogen and oxygen atoms in total. The highest BCUT2D eigenvalue weighted by molar-refractivity contribution is 7.13. The van der Waals surface area contributed by atoms with Crippen molar-refractivity contribution in [3.8, 4) is 10.4 Å². The lowest BCUT2D eigenvalue weighted by Gasteiger charge is -2.59. The molecule has 62 heavy (non-hydrogen) atoms. The first kappa shape index (κ1) is 46.5. The second-order valence-corrected chi connectivity index (χ2v) is 19.9. The van der Waals surface area contributed by atoms with Crippen LogP contribution in [0.3, 0.4) is 0 Å². The lowest BCUT2D eigenvalue weighted by atomic mass is 9.57. The fourth-order valence-electron chi connectivity index (χ4n) is 10.3. The predicted molar refractivity (Wildman–Crippen MR) is 229 cm³/mol. The van der Waals surface area contributed by atoms with Crippen LogP contribution in [0.5, 0.6) is 0 Å². The number of β-amino-alcohol motifs (C(OH)–C–C–N with tert-alkyl or cyclic N) is 1. The highest BCUT2D eigenvalue weighted by Gasteiger charge is 2.67. The quantitative estimate of drug-likeness (QED) is 0.102. The summed E-state index contributed by atoms with van der Waals surface area (Å²) in [6.07, 6.45) is 4.46. The monoisotopic (exact) mass is 882 g/mol. The molecular weight excluding hydrogens is 817 g/mol. The van der Waals surface area contributed by atoms with E-state index in [4.69, 9.17) is 28.7 Å². The number of aryl methyl sites for hydroxylation is 1. The van der Waals surface area contributed by atoms with Gasteiger partial charge in [0.05, 0.1) is 41.5 Å². The Kier molecular flexibility index (Phi) is 15.1. The molecule has 3 amide bonds. The van der Waals surface area contributed by atoms with Crippen molar-refractivity contribution in [2.24, 2.45) is 29.1 Å². The van der Waals surface area contributed by atoms with E-state index in [0.717, 1.165) is 53.8 Å². The average Bonchev–Trinajstić information content (AvgIpc) is 3.75. The van der Waals surface area contributed by atoms with Crippen LogP contribution in [-0.4, -0.2) is 108 Å². The van der Waals surface area contributed by atoms with E-state index in [9.17, 15) is 24.3 Å². The molecule has 6 fully saturated rings. The molecule has 5 saturated heterocycles. The Morgan fingerprint density at radius 1 is 1.00 bits per heavy atom. The number of hydrogen-bond donors (Lipinski definition) is 3. The van der Waals surface area contributed by atoms with Crippen molar-refractivity contribution in [3.05, 3.63) is 41.0 Å². The molecule has 11 unspecified atom stereocenters. The first-order chi connectivity index (χ1) is 29.6.